The second kappa shape index (κ2) is 6.81. The van der Waals surface area contributed by atoms with E-state index in [4.69, 9.17) is 0 Å². The number of nitrogens with one attached hydrogen (secondary N) is 1. The van der Waals surface area contributed by atoms with Gasteiger partial charge in [-0.1, -0.05) is 42.3 Å². The molecule has 0 aliphatic rings. The molecule has 0 heterocycles. The van der Waals surface area contributed by atoms with E-state index in [1.54, 1.807) is 6.07 Å². The number of hydrogen-bond donors (Lipinski definition) is 1. The van der Waals surface area contributed by atoms with Crippen LogP contribution in [0.5, 0.6) is 0 Å². The molecule has 3 heteroatoms. The molecular formula is C18H21F2N. The SMILES string of the molecule is CCNC(Cc1ccc(F)c(F)c1)c1cc(C)cc(C)c1. The molecule has 112 valence electrons. The summed E-state index contributed by atoms with van der Waals surface area (Å²) in [6, 6.07) is 10.6. The standard InChI is InChI=1S/C18H21F2N/c1-4-21-18(15-8-12(2)7-13(3)9-15)11-14-5-6-16(19)17(20)10-14/h5-10,18,21H,4,11H2,1-3H3. The van der Waals surface area contributed by atoms with E-state index in [0.717, 1.165) is 12.1 Å². The van der Waals surface area contributed by atoms with Crippen LogP contribution in [0.1, 0.15) is 35.2 Å². The van der Waals surface area contributed by atoms with E-state index in [1.165, 1.54) is 28.8 Å². The average Bonchev–Trinajstić information content (AvgIpc) is 2.41. The van der Waals surface area contributed by atoms with Gasteiger partial charge in [0.2, 0.25) is 0 Å². The van der Waals surface area contributed by atoms with Crippen molar-refractivity contribution in [2.45, 2.75) is 33.2 Å². The molecule has 2 rings (SSSR count). The van der Waals surface area contributed by atoms with Gasteiger partial charge in [-0.15, -0.1) is 0 Å². The summed E-state index contributed by atoms with van der Waals surface area (Å²) in [6.07, 6.45) is 0.633. The molecule has 2 aromatic carbocycles. The van der Waals surface area contributed by atoms with Gasteiger partial charge in [-0.2, -0.15) is 0 Å². The fraction of sp³-hybridized carbons (Fsp3) is 0.333. The third-order valence-electron chi connectivity index (χ3n) is 3.52. The van der Waals surface area contributed by atoms with Gasteiger partial charge in [-0.3, -0.25) is 0 Å². The van der Waals surface area contributed by atoms with Crippen molar-refractivity contribution >= 4 is 0 Å². The summed E-state index contributed by atoms with van der Waals surface area (Å²) < 4.78 is 26.4. The molecule has 0 aliphatic carbocycles. The van der Waals surface area contributed by atoms with Crippen LogP contribution >= 0.6 is 0 Å². The molecule has 0 bridgehead atoms. The third-order valence-corrected chi connectivity index (χ3v) is 3.52. The van der Waals surface area contributed by atoms with E-state index >= 15 is 0 Å². The van der Waals surface area contributed by atoms with Crippen LogP contribution in [-0.2, 0) is 6.42 Å². The highest BCUT2D eigenvalue weighted by atomic mass is 19.2. The first-order valence-electron chi connectivity index (χ1n) is 7.25. The molecule has 0 saturated heterocycles. The summed E-state index contributed by atoms with van der Waals surface area (Å²) >= 11 is 0. The summed E-state index contributed by atoms with van der Waals surface area (Å²) in [5, 5.41) is 3.42. The fourth-order valence-electron chi connectivity index (χ4n) is 2.67. The lowest BCUT2D eigenvalue weighted by molar-refractivity contribution is 0.502. The monoisotopic (exact) mass is 289 g/mol. The maximum absolute atomic E-state index is 13.4. The highest BCUT2D eigenvalue weighted by Gasteiger charge is 2.13. The van der Waals surface area contributed by atoms with Crippen molar-refractivity contribution in [3.8, 4) is 0 Å². The third kappa shape index (κ3) is 4.11. The molecule has 1 atom stereocenters. The highest BCUT2D eigenvalue weighted by Crippen LogP contribution is 2.22. The Hall–Kier alpha value is -1.74. The predicted octanol–water partition coefficient (Wildman–Crippen LogP) is 4.47. The Labute approximate surface area is 125 Å². The van der Waals surface area contributed by atoms with E-state index < -0.39 is 11.6 Å². The van der Waals surface area contributed by atoms with Gasteiger partial charge in [0.1, 0.15) is 0 Å². The zero-order chi connectivity index (χ0) is 15.4. The van der Waals surface area contributed by atoms with Crippen molar-refractivity contribution < 1.29 is 8.78 Å². The van der Waals surface area contributed by atoms with Crippen LogP contribution in [0.3, 0.4) is 0 Å². The zero-order valence-electron chi connectivity index (χ0n) is 12.7. The van der Waals surface area contributed by atoms with Crippen LogP contribution in [0.15, 0.2) is 36.4 Å². The quantitative estimate of drug-likeness (QED) is 0.856. The van der Waals surface area contributed by atoms with Crippen LogP contribution in [0, 0.1) is 25.5 Å². The molecule has 1 nitrogen and oxygen atoms in total. The lowest BCUT2D eigenvalue weighted by Gasteiger charge is -2.20. The number of halogens is 2. The normalized spacial score (nSPS) is 12.4. The van der Waals surface area contributed by atoms with Crippen molar-refractivity contribution in [1.29, 1.82) is 0 Å². The molecular weight excluding hydrogens is 268 g/mol. The Balaban J connectivity index is 2.27. The summed E-state index contributed by atoms with van der Waals surface area (Å²) in [5.41, 5.74) is 4.38. The Morgan fingerprint density at radius 3 is 2.19 bits per heavy atom. The van der Waals surface area contributed by atoms with Gasteiger partial charge < -0.3 is 5.32 Å². The van der Waals surface area contributed by atoms with Crippen LogP contribution in [0.2, 0.25) is 0 Å². The molecule has 0 fully saturated rings. The van der Waals surface area contributed by atoms with Gasteiger partial charge in [-0.05, 0) is 50.1 Å². The molecule has 0 saturated carbocycles. The second-order valence-electron chi connectivity index (χ2n) is 5.48. The Kier molecular flexibility index (Phi) is 5.07. The summed E-state index contributed by atoms with van der Waals surface area (Å²) in [7, 11) is 0. The summed E-state index contributed by atoms with van der Waals surface area (Å²) in [4.78, 5) is 0. The maximum Gasteiger partial charge on any atom is 0.159 e. The van der Waals surface area contributed by atoms with Crippen LogP contribution in [0.25, 0.3) is 0 Å². The number of likely N-dealkylation sites (N-methyl/N-ethyl adjacent to an activating group) is 1. The van der Waals surface area contributed by atoms with E-state index in [0.29, 0.717) is 6.42 Å². The molecule has 21 heavy (non-hydrogen) atoms. The number of benzene rings is 2. The maximum atomic E-state index is 13.4. The smallest absolute Gasteiger partial charge is 0.159 e. The molecule has 0 amide bonds. The molecule has 2 aromatic rings. The predicted molar refractivity (Wildman–Crippen MR) is 82.4 cm³/mol. The van der Waals surface area contributed by atoms with Crippen molar-refractivity contribution in [1.82, 2.24) is 5.32 Å². The minimum Gasteiger partial charge on any atom is -0.310 e. The first-order chi connectivity index (χ1) is 9.99. The lowest BCUT2D eigenvalue weighted by Crippen LogP contribution is -2.23. The Bertz CT molecular complexity index is 602. The van der Waals surface area contributed by atoms with Gasteiger partial charge in [0, 0.05) is 6.04 Å². The fourth-order valence-corrected chi connectivity index (χ4v) is 2.67. The first-order valence-corrected chi connectivity index (χ1v) is 7.25. The molecule has 1 N–H and O–H groups in total. The second-order valence-corrected chi connectivity index (χ2v) is 5.48. The summed E-state index contributed by atoms with van der Waals surface area (Å²) in [6.45, 7) is 7.00. The van der Waals surface area contributed by atoms with Crippen molar-refractivity contribution in [2.75, 3.05) is 6.54 Å². The van der Waals surface area contributed by atoms with Crippen LogP contribution in [-0.4, -0.2) is 6.54 Å². The average molecular weight is 289 g/mol. The van der Waals surface area contributed by atoms with Crippen LogP contribution in [0.4, 0.5) is 8.78 Å². The summed E-state index contributed by atoms with van der Waals surface area (Å²) in [5.74, 6) is -1.59. The van der Waals surface area contributed by atoms with Gasteiger partial charge in [0.25, 0.3) is 0 Å². The van der Waals surface area contributed by atoms with Gasteiger partial charge >= 0.3 is 0 Å². The first kappa shape index (κ1) is 15.6. The van der Waals surface area contributed by atoms with E-state index in [2.05, 4.69) is 37.4 Å². The number of aryl methyl sites for hydroxylation is 2. The molecule has 0 aromatic heterocycles. The largest absolute Gasteiger partial charge is 0.310 e. The molecule has 1 unspecified atom stereocenters. The van der Waals surface area contributed by atoms with Crippen LogP contribution < -0.4 is 5.32 Å². The molecule has 0 spiro atoms. The number of hydrogen-bond acceptors (Lipinski definition) is 1. The highest BCUT2D eigenvalue weighted by molar-refractivity contribution is 5.32. The topological polar surface area (TPSA) is 12.0 Å². The van der Waals surface area contributed by atoms with Crippen molar-refractivity contribution in [2.24, 2.45) is 0 Å². The molecule has 0 aliphatic heterocycles. The molecule has 0 radical (unpaired) electrons. The number of rotatable bonds is 5. The van der Waals surface area contributed by atoms with Gasteiger partial charge in [0.05, 0.1) is 0 Å². The van der Waals surface area contributed by atoms with Crippen molar-refractivity contribution in [3.63, 3.8) is 0 Å². The van der Waals surface area contributed by atoms with Gasteiger partial charge in [0.15, 0.2) is 11.6 Å². The Morgan fingerprint density at radius 2 is 1.62 bits per heavy atom. The zero-order valence-corrected chi connectivity index (χ0v) is 12.7. The van der Waals surface area contributed by atoms with E-state index in [-0.39, 0.29) is 6.04 Å². The minimum atomic E-state index is -0.801. The Morgan fingerprint density at radius 1 is 0.952 bits per heavy atom. The van der Waals surface area contributed by atoms with Gasteiger partial charge in [-0.25, -0.2) is 8.78 Å². The van der Waals surface area contributed by atoms with Crippen molar-refractivity contribution in [3.05, 3.63) is 70.3 Å². The van der Waals surface area contributed by atoms with E-state index in [9.17, 15) is 8.78 Å². The van der Waals surface area contributed by atoms with E-state index in [1.807, 2.05) is 6.92 Å². The lowest BCUT2D eigenvalue weighted by atomic mass is 9.96. The minimum absolute atomic E-state index is 0.0958.